The second kappa shape index (κ2) is 4.93. The highest BCUT2D eigenvalue weighted by Crippen LogP contribution is 2.61. The first-order valence-corrected chi connectivity index (χ1v) is 8.63. The van der Waals surface area contributed by atoms with Crippen molar-refractivity contribution in [2.24, 2.45) is 17.8 Å². The van der Waals surface area contributed by atoms with Gasteiger partial charge in [0.05, 0.1) is 29.1 Å². The first-order chi connectivity index (χ1) is 11.3. The van der Waals surface area contributed by atoms with Crippen LogP contribution in [0.2, 0.25) is 0 Å². The highest BCUT2D eigenvalue weighted by molar-refractivity contribution is 6.26. The monoisotopic (exact) mass is 328 g/mol. The number of benzene rings is 1. The third kappa shape index (κ3) is 1.78. The minimum absolute atomic E-state index is 0.00216. The first kappa shape index (κ1) is 15.9. The van der Waals surface area contributed by atoms with Crippen LogP contribution in [0.3, 0.4) is 0 Å². The Bertz CT molecular complexity index is 755. The second-order valence-electron chi connectivity index (χ2n) is 7.86. The lowest BCUT2D eigenvalue weighted by Gasteiger charge is -2.35. The lowest BCUT2D eigenvalue weighted by Crippen LogP contribution is -2.44. The van der Waals surface area contributed by atoms with Crippen LogP contribution in [0, 0.1) is 38.5 Å². The fraction of sp³-hybridized carbons (Fsp3) is 0.550. The lowest BCUT2D eigenvalue weighted by atomic mass is 9.68. The summed E-state index contributed by atoms with van der Waals surface area (Å²) in [4.78, 5) is 13.2. The molecule has 1 aliphatic carbocycles. The van der Waals surface area contributed by atoms with E-state index in [9.17, 15) is 15.0 Å². The Hall–Kier alpha value is -1.65. The predicted octanol–water partition coefficient (Wildman–Crippen LogP) is 2.87. The topological polar surface area (TPSA) is 66.8 Å². The van der Waals surface area contributed by atoms with Crippen LogP contribution in [-0.2, 0) is 9.53 Å². The summed E-state index contributed by atoms with van der Waals surface area (Å²) in [6.07, 6.45) is 0.488. The maximum Gasteiger partial charge on any atom is 0.173 e. The number of aliphatic hydroxyl groups excluding tert-OH is 2. The summed E-state index contributed by atoms with van der Waals surface area (Å²) < 4.78 is 6.06. The number of ether oxygens (including phenoxy) is 1. The number of allylic oxidation sites excluding steroid dienone is 1. The first-order valence-electron chi connectivity index (χ1n) is 8.63. The molecule has 4 heteroatoms. The van der Waals surface area contributed by atoms with Crippen molar-refractivity contribution in [3.05, 3.63) is 40.1 Å². The fourth-order valence-corrected chi connectivity index (χ4v) is 5.39. The molecule has 1 aromatic carbocycles. The average Bonchev–Trinajstić information content (AvgIpc) is 3.07. The molecule has 2 N–H and O–H groups in total. The second-order valence-corrected chi connectivity index (χ2v) is 7.86. The normalized spacial score (nSPS) is 37.5. The van der Waals surface area contributed by atoms with Gasteiger partial charge in [-0.25, -0.2) is 0 Å². The van der Waals surface area contributed by atoms with Crippen molar-refractivity contribution in [3.63, 3.8) is 0 Å². The Labute approximate surface area is 142 Å². The molecule has 2 fully saturated rings. The summed E-state index contributed by atoms with van der Waals surface area (Å²) in [7, 11) is 0. The number of fused-ring (bicyclic) bond motifs is 5. The van der Waals surface area contributed by atoms with E-state index in [1.54, 1.807) is 0 Å². The van der Waals surface area contributed by atoms with Gasteiger partial charge < -0.3 is 14.9 Å². The third-order valence-corrected chi connectivity index (χ3v) is 6.36. The quantitative estimate of drug-likeness (QED) is 0.876. The average molecular weight is 328 g/mol. The lowest BCUT2D eigenvalue weighted by molar-refractivity contribution is -0.118. The van der Waals surface area contributed by atoms with E-state index < -0.39 is 5.60 Å². The van der Waals surface area contributed by atoms with Crippen molar-refractivity contribution in [1.29, 1.82) is 0 Å². The zero-order chi connectivity index (χ0) is 17.4. The highest BCUT2D eigenvalue weighted by Gasteiger charge is 2.68. The van der Waals surface area contributed by atoms with Crippen molar-refractivity contribution in [2.75, 3.05) is 6.61 Å². The van der Waals surface area contributed by atoms with Gasteiger partial charge in [0, 0.05) is 12.5 Å². The van der Waals surface area contributed by atoms with E-state index in [-0.39, 0.29) is 42.0 Å². The third-order valence-electron chi connectivity index (χ3n) is 6.36. The number of ketones is 1. The molecule has 0 radical (unpaired) electrons. The van der Waals surface area contributed by atoms with E-state index in [1.165, 1.54) is 0 Å². The predicted molar refractivity (Wildman–Crippen MR) is 90.7 cm³/mol. The molecule has 3 unspecified atom stereocenters. The molecule has 0 spiro atoms. The van der Waals surface area contributed by atoms with Crippen molar-refractivity contribution in [1.82, 2.24) is 0 Å². The van der Waals surface area contributed by atoms with E-state index in [0.717, 1.165) is 22.3 Å². The van der Waals surface area contributed by atoms with Crippen molar-refractivity contribution in [3.8, 4) is 0 Å². The fourth-order valence-electron chi connectivity index (χ4n) is 5.39. The number of Topliss-reactive ketones (excluding diaryl/α,β-unsaturated/α-hetero) is 1. The Morgan fingerprint density at radius 3 is 2.46 bits per heavy atom. The molecule has 2 heterocycles. The standard InChI is InChI=1S/C20H24O4/c1-9-5-10(2)14(11(3)6-9)16-18(22)15-13-7-12(8-21)20(4,24-13)17(15)19(16)23/h5-6,12-13,15,17,21,23H,7-8H2,1-4H3/t12?,13-,15?,17?,20+/m0/s1. The number of aliphatic hydroxyl groups is 2. The number of rotatable bonds is 2. The number of carbonyl (C=O) groups is 1. The summed E-state index contributed by atoms with van der Waals surface area (Å²) in [5, 5.41) is 20.7. The molecule has 2 bridgehead atoms. The summed E-state index contributed by atoms with van der Waals surface area (Å²) in [5.74, 6) is -0.525. The number of hydrogen-bond acceptors (Lipinski definition) is 4. The largest absolute Gasteiger partial charge is 0.511 e. The Kier molecular flexibility index (Phi) is 3.26. The molecule has 3 aliphatic rings. The minimum atomic E-state index is -0.655. The van der Waals surface area contributed by atoms with Crippen LogP contribution >= 0.6 is 0 Å². The van der Waals surface area contributed by atoms with Gasteiger partial charge in [-0.2, -0.15) is 0 Å². The maximum absolute atomic E-state index is 13.2. The summed E-state index contributed by atoms with van der Waals surface area (Å²) in [6.45, 7) is 7.96. The SMILES string of the molecule is Cc1cc(C)c(C2=C(O)C3C(C2=O)[C@@H]2CC(CO)[C@@]3(C)O2)c(C)c1. The minimum Gasteiger partial charge on any atom is -0.511 e. The van der Waals surface area contributed by atoms with Crippen LogP contribution < -0.4 is 0 Å². The molecule has 2 saturated heterocycles. The van der Waals surface area contributed by atoms with E-state index in [0.29, 0.717) is 12.0 Å². The van der Waals surface area contributed by atoms with Gasteiger partial charge in [-0.3, -0.25) is 4.79 Å². The summed E-state index contributed by atoms with van der Waals surface area (Å²) >= 11 is 0. The van der Waals surface area contributed by atoms with Gasteiger partial charge in [0.15, 0.2) is 5.78 Å². The van der Waals surface area contributed by atoms with Crippen molar-refractivity contribution < 1.29 is 19.7 Å². The Balaban J connectivity index is 1.88. The molecular formula is C20H24O4. The number of carbonyl (C=O) groups excluding carboxylic acids is 1. The Morgan fingerprint density at radius 1 is 1.25 bits per heavy atom. The number of aryl methyl sites for hydroxylation is 3. The van der Waals surface area contributed by atoms with Crippen LogP contribution in [0.1, 0.15) is 35.6 Å². The van der Waals surface area contributed by atoms with Gasteiger partial charge >= 0.3 is 0 Å². The molecule has 2 aliphatic heterocycles. The molecular weight excluding hydrogens is 304 g/mol. The smallest absolute Gasteiger partial charge is 0.173 e. The maximum atomic E-state index is 13.2. The molecule has 4 nitrogen and oxygen atoms in total. The van der Waals surface area contributed by atoms with E-state index >= 15 is 0 Å². The van der Waals surface area contributed by atoms with E-state index in [4.69, 9.17) is 4.74 Å². The van der Waals surface area contributed by atoms with E-state index in [2.05, 4.69) is 0 Å². The van der Waals surface area contributed by atoms with Crippen molar-refractivity contribution in [2.45, 2.75) is 45.8 Å². The van der Waals surface area contributed by atoms with Gasteiger partial charge in [0.1, 0.15) is 5.76 Å². The highest BCUT2D eigenvalue weighted by atomic mass is 16.5. The molecule has 24 heavy (non-hydrogen) atoms. The molecule has 1 aromatic rings. The summed E-state index contributed by atoms with van der Waals surface area (Å²) in [6, 6.07) is 4.10. The molecule has 0 amide bonds. The van der Waals surface area contributed by atoms with Gasteiger partial charge in [-0.05, 0) is 50.8 Å². The van der Waals surface area contributed by atoms with Crippen LogP contribution in [0.5, 0.6) is 0 Å². The van der Waals surface area contributed by atoms with Crippen molar-refractivity contribution >= 4 is 11.4 Å². The zero-order valence-corrected chi connectivity index (χ0v) is 14.6. The van der Waals surface area contributed by atoms with Gasteiger partial charge in [-0.15, -0.1) is 0 Å². The molecule has 0 saturated carbocycles. The Morgan fingerprint density at radius 2 is 1.88 bits per heavy atom. The van der Waals surface area contributed by atoms with Crippen LogP contribution in [0.15, 0.2) is 17.9 Å². The molecule has 4 rings (SSSR count). The van der Waals surface area contributed by atoms with Crippen LogP contribution in [0.4, 0.5) is 0 Å². The van der Waals surface area contributed by atoms with Crippen LogP contribution in [-0.4, -0.2) is 34.3 Å². The van der Waals surface area contributed by atoms with Gasteiger partial charge in [0.2, 0.25) is 0 Å². The zero-order valence-electron chi connectivity index (χ0n) is 14.6. The van der Waals surface area contributed by atoms with Gasteiger partial charge in [0.25, 0.3) is 0 Å². The molecule has 128 valence electrons. The van der Waals surface area contributed by atoms with Crippen LogP contribution in [0.25, 0.3) is 5.57 Å². The molecule has 5 atom stereocenters. The summed E-state index contributed by atoms with van der Waals surface area (Å²) in [5.41, 5.74) is 3.85. The number of hydrogen-bond donors (Lipinski definition) is 2. The van der Waals surface area contributed by atoms with E-state index in [1.807, 2.05) is 39.8 Å². The van der Waals surface area contributed by atoms with Gasteiger partial charge in [-0.1, -0.05) is 17.7 Å². The molecule has 0 aromatic heterocycles.